The summed E-state index contributed by atoms with van der Waals surface area (Å²) in [6.07, 6.45) is 0. The zero-order valence-electron chi connectivity index (χ0n) is 18.8. The van der Waals surface area contributed by atoms with Gasteiger partial charge in [0.15, 0.2) is 5.13 Å². The van der Waals surface area contributed by atoms with Gasteiger partial charge in [0, 0.05) is 44.8 Å². The van der Waals surface area contributed by atoms with Crippen molar-refractivity contribution < 1.29 is 22.7 Å². The monoisotopic (exact) mass is 502 g/mol. The second kappa shape index (κ2) is 9.49. The number of anilines is 1. The van der Waals surface area contributed by atoms with E-state index in [1.165, 1.54) is 16.4 Å². The number of aromatic nitrogens is 1. The number of carbonyl (C=O) groups is 1. The normalized spacial score (nSPS) is 17.8. The molecule has 11 heteroatoms. The molecule has 3 heterocycles. The molecule has 2 aliphatic heterocycles. The number of fused-ring (bicyclic) bond motifs is 1. The minimum absolute atomic E-state index is 0.0964. The number of benzene rings is 2. The number of amides is 1. The summed E-state index contributed by atoms with van der Waals surface area (Å²) < 4.78 is 38.8. The van der Waals surface area contributed by atoms with E-state index in [4.69, 9.17) is 14.5 Å². The molecule has 34 heavy (non-hydrogen) atoms. The van der Waals surface area contributed by atoms with Gasteiger partial charge in [-0.25, -0.2) is 13.4 Å². The van der Waals surface area contributed by atoms with Gasteiger partial charge in [-0.1, -0.05) is 17.4 Å². The van der Waals surface area contributed by atoms with Crippen molar-refractivity contribution in [3.63, 3.8) is 0 Å². The van der Waals surface area contributed by atoms with Gasteiger partial charge in [0.2, 0.25) is 10.0 Å². The average Bonchev–Trinajstić information content (AvgIpc) is 3.33. The number of thiazole rings is 1. The number of methoxy groups -OCH3 is 1. The van der Waals surface area contributed by atoms with Crippen LogP contribution in [0.2, 0.25) is 0 Å². The van der Waals surface area contributed by atoms with Crippen LogP contribution in [0.4, 0.5) is 5.13 Å². The summed E-state index contributed by atoms with van der Waals surface area (Å²) in [4.78, 5) is 22.0. The Balaban J connectivity index is 1.23. The lowest BCUT2D eigenvalue weighted by atomic mass is 10.2. The standard InChI is InChI=1S/C23H26N4O5S2/c1-31-19-3-2-4-20-21(19)24-23(33-20)26-11-9-25(10-12-26)22(28)17-5-7-18(8-6-17)34(29,30)27-13-15-32-16-14-27/h2-8H,9-16H2,1H3. The predicted molar refractivity (Wildman–Crippen MR) is 130 cm³/mol. The third kappa shape index (κ3) is 4.36. The molecule has 1 amide bonds. The highest BCUT2D eigenvalue weighted by molar-refractivity contribution is 7.89. The summed E-state index contributed by atoms with van der Waals surface area (Å²) in [6.45, 7) is 3.97. The number of ether oxygens (including phenoxy) is 2. The number of carbonyl (C=O) groups excluding carboxylic acids is 1. The molecule has 1 aromatic heterocycles. The number of sulfonamides is 1. The van der Waals surface area contributed by atoms with Crippen LogP contribution in [0.1, 0.15) is 10.4 Å². The van der Waals surface area contributed by atoms with Crippen LogP contribution in [-0.4, -0.2) is 88.1 Å². The van der Waals surface area contributed by atoms with Gasteiger partial charge in [-0.15, -0.1) is 0 Å². The van der Waals surface area contributed by atoms with E-state index in [2.05, 4.69) is 4.90 Å². The average molecular weight is 503 g/mol. The largest absolute Gasteiger partial charge is 0.494 e. The SMILES string of the molecule is COc1cccc2sc(N3CCN(C(=O)c4ccc(S(=O)(=O)N5CCOCC5)cc4)CC3)nc12. The fourth-order valence-corrected chi connectivity index (χ4v) is 6.64. The van der Waals surface area contributed by atoms with Crippen molar-refractivity contribution in [1.29, 1.82) is 0 Å². The molecule has 0 atom stereocenters. The van der Waals surface area contributed by atoms with E-state index >= 15 is 0 Å². The molecule has 0 bridgehead atoms. The van der Waals surface area contributed by atoms with Gasteiger partial charge < -0.3 is 19.3 Å². The first-order valence-corrected chi connectivity index (χ1v) is 13.4. The minimum atomic E-state index is -3.58. The van der Waals surface area contributed by atoms with Crippen LogP contribution in [-0.2, 0) is 14.8 Å². The lowest BCUT2D eigenvalue weighted by Gasteiger charge is -2.34. The first-order chi connectivity index (χ1) is 16.5. The molecule has 2 saturated heterocycles. The maximum absolute atomic E-state index is 13.0. The highest BCUT2D eigenvalue weighted by Gasteiger charge is 2.28. The third-order valence-electron chi connectivity index (χ3n) is 6.14. The zero-order valence-corrected chi connectivity index (χ0v) is 20.5. The number of rotatable bonds is 5. The van der Waals surface area contributed by atoms with E-state index in [0.717, 1.165) is 21.1 Å². The number of piperazine rings is 1. The molecule has 3 aromatic rings. The van der Waals surface area contributed by atoms with Crippen LogP contribution in [0.5, 0.6) is 5.75 Å². The smallest absolute Gasteiger partial charge is 0.253 e. The van der Waals surface area contributed by atoms with Crippen LogP contribution in [0.3, 0.4) is 0 Å². The molecule has 2 aromatic carbocycles. The summed E-state index contributed by atoms with van der Waals surface area (Å²) in [5.41, 5.74) is 1.34. The number of hydrogen-bond donors (Lipinski definition) is 0. The fraction of sp³-hybridized carbons (Fsp3) is 0.391. The second-order valence-electron chi connectivity index (χ2n) is 8.12. The van der Waals surface area contributed by atoms with Gasteiger partial charge in [0.25, 0.3) is 5.91 Å². The Kier molecular flexibility index (Phi) is 6.43. The van der Waals surface area contributed by atoms with E-state index in [1.807, 2.05) is 18.2 Å². The van der Waals surface area contributed by atoms with Gasteiger partial charge in [-0.3, -0.25) is 4.79 Å². The van der Waals surface area contributed by atoms with Crippen molar-refractivity contribution in [3.05, 3.63) is 48.0 Å². The Hall–Kier alpha value is -2.73. The van der Waals surface area contributed by atoms with Gasteiger partial charge in [0.05, 0.1) is 29.9 Å². The van der Waals surface area contributed by atoms with Crippen LogP contribution < -0.4 is 9.64 Å². The molecule has 0 N–H and O–H groups in total. The third-order valence-corrected chi connectivity index (χ3v) is 9.13. The summed E-state index contributed by atoms with van der Waals surface area (Å²) in [5.74, 6) is 0.661. The summed E-state index contributed by atoms with van der Waals surface area (Å²) in [7, 11) is -1.93. The molecule has 180 valence electrons. The zero-order chi connectivity index (χ0) is 23.7. The summed E-state index contributed by atoms with van der Waals surface area (Å²) in [6, 6.07) is 12.1. The lowest BCUT2D eigenvalue weighted by molar-refractivity contribution is 0.0730. The van der Waals surface area contributed by atoms with Crippen molar-refractivity contribution in [2.45, 2.75) is 4.90 Å². The highest BCUT2D eigenvalue weighted by atomic mass is 32.2. The van der Waals surface area contributed by atoms with Crippen molar-refractivity contribution in [2.75, 3.05) is 64.5 Å². The van der Waals surface area contributed by atoms with E-state index in [0.29, 0.717) is 58.0 Å². The summed E-state index contributed by atoms with van der Waals surface area (Å²) in [5, 5.41) is 0.921. The molecule has 9 nitrogen and oxygen atoms in total. The molecular weight excluding hydrogens is 476 g/mol. The molecular formula is C23H26N4O5S2. The quantitative estimate of drug-likeness (QED) is 0.529. The Morgan fingerprint density at radius 1 is 1.00 bits per heavy atom. The maximum atomic E-state index is 13.0. The van der Waals surface area contributed by atoms with Gasteiger partial charge in [-0.2, -0.15) is 4.31 Å². The maximum Gasteiger partial charge on any atom is 0.253 e. The number of nitrogens with zero attached hydrogens (tertiary/aromatic N) is 4. The molecule has 2 fully saturated rings. The highest BCUT2D eigenvalue weighted by Crippen LogP contribution is 2.34. The summed E-state index contributed by atoms with van der Waals surface area (Å²) >= 11 is 1.62. The number of morpholine rings is 1. The van der Waals surface area contributed by atoms with E-state index in [-0.39, 0.29) is 10.8 Å². The Bertz CT molecular complexity index is 1280. The van der Waals surface area contributed by atoms with Crippen molar-refractivity contribution in [3.8, 4) is 5.75 Å². The minimum Gasteiger partial charge on any atom is -0.494 e. The molecule has 5 rings (SSSR count). The van der Waals surface area contributed by atoms with E-state index in [1.54, 1.807) is 35.5 Å². The molecule has 0 saturated carbocycles. The molecule has 0 unspecified atom stereocenters. The van der Waals surface area contributed by atoms with E-state index < -0.39 is 10.0 Å². The Morgan fingerprint density at radius 2 is 1.71 bits per heavy atom. The van der Waals surface area contributed by atoms with Gasteiger partial charge >= 0.3 is 0 Å². The molecule has 0 aliphatic carbocycles. The van der Waals surface area contributed by atoms with Gasteiger partial charge in [0.1, 0.15) is 11.3 Å². The molecule has 2 aliphatic rings. The first-order valence-electron chi connectivity index (χ1n) is 11.1. The Morgan fingerprint density at radius 3 is 2.38 bits per heavy atom. The van der Waals surface area contributed by atoms with Crippen molar-refractivity contribution in [2.24, 2.45) is 0 Å². The Labute approximate surface area is 202 Å². The topological polar surface area (TPSA) is 92.3 Å². The second-order valence-corrected chi connectivity index (χ2v) is 11.1. The van der Waals surface area contributed by atoms with Crippen molar-refractivity contribution >= 4 is 42.6 Å². The van der Waals surface area contributed by atoms with E-state index in [9.17, 15) is 13.2 Å². The molecule has 0 radical (unpaired) electrons. The van der Waals surface area contributed by atoms with Crippen LogP contribution in [0.25, 0.3) is 10.2 Å². The van der Waals surface area contributed by atoms with Crippen molar-refractivity contribution in [1.82, 2.24) is 14.2 Å². The lowest BCUT2D eigenvalue weighted by Crippen LogP contribution is -2.48. The van der Waals surface area contributed by atoms with Crippen LogP contribution in [0, 0.1) is 0 Å². The number of hydrogen-bond acceptors (Lipinski definition) is 8. The predicted octanol–water partition coefficient (Wildman–Crippen LogP) is 2.29. The van der Waals surface area contributed by atoms with Crippen LogP contribution in [0.15, 0.2) is 47.4 Å². The van der Waals surface area contributed by atoms with Crippen LogP contribution >= 0.6 is 11.3 Å². The van der Waals surface area contributed by atoms with Gasteiger partial charge in [-0.05, 0) is 36.4 Å². The fourth-order valence-electron chi connectivity index (χ4n) is 4.20. The molecule has 0 spiro atoms. The first kappa shape index (κ1) is 23.0. The number of para-hydroxylation sites is 1.